The van der Waals surface area contributed by atoms with Gasteiger partial charge < -0.3 is 0 Å². The minimum atomic E-state index is -0.158. The van der Waals surface area contributed by atoms with Gasteiger partial charge in [0, 0.05) is 22.3 Å². The summed E-state index contributed by atoms with van der Waals surface area (Å²) in [4.78, 5) is 0. The van der Waals surface area contributed by atoms with Crippen LogP contribution in [0.5, 0.6) is 0 Å². The summed E-state index contributed by atoms with van der Waals surface area (Å²) < 4.78 is 14.2. The van der Waals surface area contributed by atoms with Crippen molar-refractivity contribution in [3.63, 3.8) is 0 Å². The van der Waals surface area contributed by atoms with Gasteiger partial charge >= 0.3 is 0 Å². The van der Waals surface area contributed by atoms with Crippen molar-refractivity contribution in [2.24, 2.45) is 0 Å². The minimum absolute atomic E-state index is 0.158. The molecule has 144 valence electrons. The average Bonchev–Trinajstić information content (AvgIpc) is 2.74. The predicted octanol–water partition coefficient (Wildman–Crippen LogP) is 6.67. The fraction of sp³-hybridized carbons (Fsp3) is 0.214. The van der Waals surface area contributed by atoms with Gasteiger partial charge in [-0.2, -0.15) is 0 Å². The number of aryl methyl sites for hydroxylation is 2. The third-order valence-corrected chi connectivity index (χ3v) is 4.74. The SMILES string of the molecule is CCCCCc1ccc(C#Cc2ccc(C#Cc3ccc(C)cc3)cc2)cc1F. The zero-order chi connectivity index (χ0) is 20.5. The molecule has 0 heterocycles. The molecule has 0 fully saturated rings. The maximum absolute atomic E-state index is 14.2. The Morgan fingerprint density at radius 2 is 1.14 bits per heavy atom. The second-order valence-electron chi connectivity index (χ2n) is 7.21. The van der Waals surface area contributed by atoms with Gasteiger partial charge in [0.25, 0.3) is 0 Å². The largest absolute Gasteiger partial charge is 0.207 e. The van der Waals surface area contributed by atoms with E-state index >= 15 is 0 Å². The van der Waals surface area contributed by atoms with Crippen LogP contribution < -0.4 is 0 Å². The molecule has 1 heteroatoms. The van der Waals surface area contributed by atoms with Gasteiger partial charge in [0.05, 0.1) is 0 Å². The molecule has 29 heavy (non-hydrogen) atoms. The summed E-state index contributed by atoms with van der Waals surface area (Å²) >= 11 is 0. The number of unbranched alkanes of at least 4 members (excludes halogenated alkanes) is 2. The maximum Gasteiger partial charge on any atom is 0.127 e. The van der Waals surface area contributed by atoms with Crippen LogP contribution in [-0.4, -0.2) is 0 Å². The first-order chi connectivity index (χ1) is 14.1. The molecule has 0 aliphatic heterocycles. The maximum atomic E-state index is 14.2. The Morgan fingerprint density at radius 3 is 1.66 bits per heavy atom. The van der Waals surface area contributed by atoms with Crippen LogP contribution in [0.25, 0.3) is 0 Å². The van der Waals surface area contributed by atoms with Gasteiger partial charge in [0.15, 0.2) is 0 Å². The topological polar surface area (TPSA) is 0 Å². The van der Waals surface area contributed by atoms with Gasteiger partial charge in [-0.3, -0.25) is 0 Å². The monoisotopic (exact) mass is 380 g/mol. The summed E-state index contributed by atoms with van der Waals surface area (Å²) in [5, 5.41) is 0. The molecule has 0 aliphatic rings. The molecule has 0 nitrogen and oxygen atoms in total. The fourth-order valence-electron chi connectivity index (χ4n) is 2.96. The van der Waals surface area contributed by atoms with E-state index in [9.17, 15) is 4.39 Å². The molecular weight excluding hydrogens is 355 g/mol. The number of halogens is 1. The van der Waals surface area contributed by atoms with Gasteiger partial charge in [0.1, 0.15) is 5.82 Å². The highest BCUT2D eigenvalue weighted by molar-refractivity contribution is 5.48. The summed E-state index contributed by atoms with van der Waals surface area (Å²) in [5.41, 5.74) is 5.53. The zero-order valence-electron chi connectivity index (χ0n) is 17.1. The summed E-state index contributed by atoms with van der Waals surface area (Å²) in [5.74, 6) is 12.3. The Hall–Kier alpha value is -3.29. The van der Waals surface area contributed by atoms with E-state index in [4.69, 9.17) is 0 Å². The van der Waals surface area contributed by atoms with E-state index in [-0.39, 0.29) is 5.82 Å². The average molecular weight is 381 g/mol. The lowest BCUT2D eigenvalue weighted by Crippen LogP contribution is -1.92. The van der Waals surface area contributed by atoms with Crippen molar-refractivity contribution < 1.29 is 4.39 Å². The van der Waals surface area contributed by atoms with Crippen LogP contribution in [0, 0.1) is 36.4 Å². The minimum Gasteiger partial charge on any atom is -0.207 e. The standard InChI is InChI=1S/C28H25F/c1-3-4-5-6-27-20-19-26(21-28(27)29)18-17-25-15-13-24(14-16-25)12-11-23-9-7-22(2)8-10-23/h7-10,13-16,19-21H,3-6H2,1-2H3. The van der Waals surface area contributed by atoms with Crippen molar-refractivity contribution in [3.05, 3.63) is 106 Å². The Bertz CT molecular complexity index is 1070. The van der Waals surface area contributed by atoms with Crippen LogP contribution in [0.1, 0.15) is 59.6 Å². The molecule has 3 rings (SSSR count). The van der Waals surface area contributed by atoms with Crippen molar-refractivity contribution in [1.82, 2.24) is 0 Å². The van der Waals surface area contributed by atoms with Gasteiger partial charge in [0.2, 0.25) is 0 Å². The van der Waals surface area contributed by atoms with Crippen LogP contribution in [0.3, 0.4) is 0 Å². The van der Waals surface area contributed by atoms with Crippen LogP contribution in [-0.2, 0) is 6.42 Å². The first-order valence-corrected chi connectivity index (χ1v) is 10.1. The molecule has 0 saturated heterocycles. The van der Waals surface area contributed by atoms with Gasteiger partial charge in [-0.15, -0.1) is 0 Å². The van der Waals surface area contributed by atoms with Gasteiger partial charge in [-0.05, 0) is 73.9 Å². The highest BCUT2D eigenvalue weighted by atomic mass is 19.1. The fourth-order valence-corrected chi connectivity index (χ4v) is 2.96. The molecule has 0 amide bonds. The lowest BCUT2D eigenvalue weighted by Gasteiger charge is -2.03. The molecule has 0 saturated carbocycles. The number of benzene rings is 3. The summed E-state index contributed by atoms with van der Waals surface area (Å²) in [6.45, 7) is 4.21. The zero-order valence-corrected chi connectivity index (χ0v) is 17.1. The van der Waals surface area contributed by atoms with E-state index in [1.807, 2.05) is 48.5 Å². The van der Waals surface area contributed by atoms with E-state index in [0.29, 0.717) is 5.56 Å². The summed E-state index contributed by atoms with van der Waals surface area (Å²) in [6, 6.07) is 21.3. The van der Waals surface area contributed by atoms with E-state index in [1.54, 1.807) is 0 Å². The molecule has 0 unspecified atom stereocenters. The van der Waals surface area contributed by atoms with E-state index in [1.165, 1.54) is 11.6 Å². The quantitative estimate of drug-likeness (QED) is 0.350. The molecule has 0 spiro atoms. The second kappa shape index (κ2) is 10.3. The van der Waals surface area contributed by atoms with Crippen molar-refractivity contribution >= 4 is 0 Å². The van der Waals surface area contributed by atoms with Crippen molar-refractivity contribution in [3.8, 4) is 23.7 Å². The molecular formula is C28H25F. The highest BCUT2D eigenvalue weighted by Gasteiger charge is 2.02. The molecule has 3 aromatic carbocycles. The lowest BCUT2D eigenvalue weighted by molar-refractivity contribution is 0.598. The Balaban J connectivity index is 1.65. The molecule has 0 aromatic heterocycles. The summed E-state index contributed by atoms with van der Waals surface area (Å²) in [6.07, 6.45) is 4.09. The number of hydrogen-bond donors (Lipinski definition) is 0. The van der Waals surface area contributed by atoms with E-state index in [0.717, 1.165) is 47.9 Å². The first-order valence-electron chi connectivity index (χ1n) is 10.1. The molecule has 0 bridgehead atoms. The highest BCUT2D eigenvalue weighted by Crippen LogP contribution is 2.14. The van der Waals surface area contributed by atoms with E-state index in [2.05, 4.69) is 49.7 Å². The molecule has 0 atom stereocenters. The van der Waals surface area contributed by atoms with Crippen LogP contribution in [0.15, 0.2) is 66.7 Å². The molecule has 0 N–H and O–H groups in total. The Labute approximate surface area is 173 Å². The smallest absolute Gasteiger partial charge is 0.127 e. The van der Waals surface area contributed by atoms with Gasteiger partial charge in [-0.25, -0.2) is 4.39 Å². The number of hydrogen-bond acceptors (Lipinski definition) is 0. The van der Waals surface area contributed by atoms with Crippen molar-refractivity contribution in [2.45, 2.75) is 39.5 Å². The van der Waals surface area contributed by atoms with Gasteiger partial charge in [-0.1, -0.05) is 67.2 Å². The third-order valence-electron chi connectivity index (χ3n) is 4.74. The Morgan fingerprint density at radius 1 is 0.655 bits per heavy atom. The van der Waals surface area contributed by atoms with E-state index < -0.39 is 0 Å². The first kappa shape index (κ1) is 20.4. The van der Waals surface area contributed by atoms with Crippen molar-refractivity contribution in [1.29, 1.82) is 0 Å². The lowest BCUT2D eigenvalue weighted by atomic mass is 10.0. The normalized spacial score (nSPS) is 9.90. The second-order valence-corrected chi connectivity index (χ2v) is 7.21. The van der Waals surface area contributed by atoms with Crippen molar-refractivity contribution in [2.75, 3.05) is 0 Å². The van der Waals surface area contributed by atoms with Crippen LogP contribution >= 0.6 is 0 Å². The van der Waals surface area contributed by atoms with Crippen LogP contribution in [0.4, 0.5) is 4.39 Å². The molecule has 3 aromatic rings. The number of rotatable bonds is 4. The summed E-state index contributed by atoms with van der Waals surface area (Å²) in [7, 11) is 0. The third kappa shape index (κ3) is 6.38. The Kier molecular flexibility index (Phi) is 7.27. The predicted molar refractivity (Wildman–Crippen MR) is 119 cm³/mol. The molecule has 0 radical (unpaired) electrons. The van der Waals surface area contributed by atoms with Crippen LogP contribution in [0.2, 0.25) is 0 Å². The molecule has 0 aliphatic carbocycles.